The van der Waals surface area contributed by atoms with Crippen LogP contribution < -0.4 is 0 Å². The van der Waals surface area contributed by atoms with E-state index >= 15 is 0 Å². The molecular weight excluding hydrogens is 222 g/mol. The molecule has 0 aromatic rings. The third-order valence-electron chi connectivity index (χ3n) is 3.72. The van der Waals surface area contributed by atoms with Crippen LogP contribution >= 0.6 is 0 Å². The smallest absolute Gasteiger partial charge is 0.307 e. The Balaban J connectivity index is 2.02. The van der Waals surface area contributed by atoms with Crippen LogP contribution in [-0.2, 0) is 14.3 Å². The van der Waals surface area contributed by atoms with Gasteiger partial charge < -0.3 is 14.7 Å². The van der Waals surface area contributed by atoms with Gasteiger partial charge in [0.05, 0.1) is 25.0 Å². The topological polar surface area (TPSA) is 66.8 Å². The quantitative estimate of drug-likeness (QED) is 0.774. The van der Waals surface area contributed by atoms with Crippen molar-refractivity contribution < 1.29 is 19.4 Å². The molecule has 2 aliphatic rings. The average Bonchev–Trinajstić information content (AvgIpc) is 2.39. The highest BCUT2D eigenvalue weighted by Crippen LogP contribution is 2.31. The molecule has 0 radical (unpaired) electrons. The van der Waals surface area contributed by atoms with E-state index in [2.05, 4.69) is 0 Å². The van der Waals surface area contributed by atoms with Gasteiger partial charge in [0, 0.05) is 13.1 Å². The van der Waals surface area contributed by atoms with Gasteiger partial charge in [0.2, 0.25) is 5.91 Å². The van der Waals surface area contributed by atoms with Crippen molar-refractivity contribution in [2.75, 3.05) is 26.3 Å². The van der Waals surface area contributed by atoms with Crippen LogP contribution in [0.1, 0.15) is 25.7 Å². The second kappa shape index (κ2) is 5.49. The van der Waals surface area contributed by atoms with E-state index in [9.17, 15) is 9.59 Å². The van der Waals surface area contributed by atoms with E-state index in [1.54, 1.807) is 4.90 Å². The van der Waals surface area contributed by atoms with Crippen LogP contribution in [0.3, 0.4) is 0 Å². The first-order chi connectivity index (χ1) is 8.20. The van der Waals surface area contributed by atoms with Gasteiger partial charge >= 0.3 is 5.97 Å². The predicted molar refractivity (Wildman–Crippen MR) is 60.5 cm³/mol. The minimum atomic E-state index is -0.823. The van der Waals surface area contributed by atoms with Crippen molar-refractivity contribution in [1.29, 1.82) is 0 Å². The van der Waals surface area contributed by atoms with Crippen LogP contribution in [0, 0.1) is 11.8 Å². The van der Waals surface area contributed by atoms with Gasteiger partial charge in [0.25, 0.3) is 0 Å². The second-order valence-corrected chi connectivity index (χ2v) is 4.77. The van der Waals surface area contributed by atoms with Gasteiger partial charge in [-0.2, -0.15) is 0 Å². The van der Waals surface area contributed by atoms with E-state index in [0.29, 0.717) is 39.1 Å². The molecule has 1 aliphatic carbocycles. The van der Waals surface area contributed by atoms with Crippen molar-refractivity contribution >= 4 is 11.9 Å². The number of carbonyl (C=O) groups is 2. The fraction of sp³-hybridized carbons (Fsp3) is 0.833. The normalized spacial score (nSPS) is 30.0. The summed E-state index contributed by atoms with van der Waals surface area (Å²) in [6, 6.07) is 0. The van der Waals surface area contributed by atoms with Crippen molar-refractivity contribution in [2.24, 2.45) is 11.8 Å². The standard InChI is InChI=1S/C12H19NO4/c14-11(13-5-7-17-8-6-13)9-3-1-2-4-10(9)12(15)16/h9-10H,1-8H2,(H,15,16)/t9-,10+/m1/s1. The maximum absolute atomic E-state index is 12.3. The molecule has 2 fully saturated rings. The molecule has 1 aliphatic heterocycles. The molecule has 0 spiro atoms. The van der Waals surface area contributed by atoms with Gasteiger partial charge in [-0.1, -0.05) is 12.8 Å². The van der Waals surface area contributed by atoms with Crippen LogP contribution in [0.5, 0.6) is 0 Å². The zero-order valence-electron chi connectivity index (χ0n) is 9.93. The lowest BCUT2D eigenvalue weighted by molar-refractivity contribution is -0.154. The van der Waals surface area contributed by atoms with Crippen molar-refractivity contribution in [3.8, 4) is 0 Å². The monoisotopic (exact) mass is 241 g/mol. The first-order valence-corrected chi connectivity index (χ1v) is 6.29. The molecule has 0 unspecified atom stereocenters. The van der Waals surface area contributed by atoms with E-state index in [-0.39, 0.29) is 11.8 Å². The number of nitrogens with zero attached hydrogens (tertiary/aromatic N) is 1. The Kier molecular flexibility index (Phi) is 3.99. The molecule has 1 heterocycles. The summed E-state index contributed by atoms with van der Waals surface area (Å²) in [5, 5.41) is 9.16. The lowest BCUT2D eigenvalue weighted by Crippen LogP contribution is -2.47. The second-order valence-electron chi connectivity index (χ2n) is 4.77. The Morgan fingerprint density at radius 1 is 1.06 bits per heavy atom. The van der Waals surface area contributed by atoms with Gasteiger partial charge in [-0.05, 0) is 12.8 Å². The van der Waals surface area contributed by atoms with Gasteiger partial charge in [-0.15, -0.1) is 0 Å². The summed E-state index contributed by atoms with van der Waals surface area (Å²) in [6.45, 7) is 2.33. The fourth-order valence-corrected chi connectivity index (χ4v) is 2.74. The number of carbonyl (C=O) groups excluding carboxylic acids is 1. The maximum atomic E-state index is 12.3. The third kappa shape index (κ3) is 2.77. The van der Waals surface area contributed by atoms with E-state index in [0.717, 1.165) is 12.8 Å². The molecule has 0 aromatic heterocycles. The summed E-state index contributed by atoms with van der Waals surface area (Å²) in [5.41, 5.74) is 0. The molecule has 1 amide bonds. The number of carboxylic acids is 1. The molecular formula is C12H19NO4. The Morgan fingerprint density at radius 2 is 1.65 bits per heavy atom. The first-order valence-electron chi connectivity index (χ1n) is 6.29. The Hall–Kier alpha value is -1.10. The van der Waals surface area contributed by atoms with E-state index < -0.39 is 11.9 Å². The van der Waals surface area contributed by atoms with Crippen LogP contribution in [0.4, 0.5) is 0 Å². The number of ether oxygens (including phenoxy) is 1. The molecule has 1 saturated heterocycles. The minimum Gasteiger partial charge on any atom is -0.481 e. The summed E-state index contributed by atoms with van der Waals surface area (Å²) in [4.78, 5) is 25.2. The van der Waals surface area contributed by atoms with Crippen molar-refractivity contribution in [3.63, 3.8) is 0 Å². The van der Waals surface area contributed by atoms with Crippen LogP contribution in [0.25, 0.3) is 0 Å². The van der Waals surface area contributed by atoms with Crippen LogP contribution in [-0.4, -0.2) is 48.2 Å². The molecule has 96 valence electrons. The molecule has 17 heavy (non-hydrogen) atoms. The zero-order valence-corrected chi connectivity index (χ0v) is 9.93. The van der Waals surface area contributed by atoms with Gasteiger partial charge in [0.15, 0.2) is 0 Å². The summed E-state index contributed by atoms with van der Waals surface area (Å²) in [7, 11) is 0. The lowest BCUT2D eigenvalue weighted by atomic mass is 9.78. The Labute approximate surface area is 101 Å². The summed E-state index contributed by atoms with van der Waals surface area (Å²) < 4.78 is 5.20. The summed E-state index contributed by atoms with van der Waals surface area (Å²) >= 11 is 0. The minimum absolute atomic E-state index is 0.0143. The first kappa shape index (κ1) is 12.4. The number of morpholine rings is 1. The van der Waals surface area contributed by atoms with Crippen LogP contribution in [0.15, 0.2) is 0 Å². The molecule has 2 atom stereocenters. The van der Waals surface area contributed by atoms with Gasteiger partial charge in [0.1, 0.15) is 0 Å². The third-order valence-corrected chi connectivity index (χ3v) is 3.72. The fourth-order valence-electron chi connectivity index (χ4n) is 2.74. The molecule has 2 rings (SSSR count). The SMILES string of the molecule is O=C(O)[C@H]1CCCC[C@H]1C(=O)N1CCOCC1. The van der Waals surface area contributed by atoms with Crippen LogP contribution in [0.2, 0.25) is 0 Å². The molecule has 0 aromatic carbocycles. The predicted octanol–water partition coefficient (Wildman–Crippen LogP) is 0.736. The highest BCUT2D eigenvalue weighted by Gasteiger charge is 2.38. The number of carboxylic acid groups (broad SMARTS) is 1. The van der Waals surface area contributed by atoms with E-state index in [1.807, 2.05) is 0 Å². The zero-order chi connectivity index (χ0) is 12.3. The average molecular weight is 241 g/mol. The molecule has 0 bridgehead atoms. The number of aliphatic carboxylic acids is 1. The molecule has 1 saturated carbocycles. The highest BCUT2D eigenvalue weighted by molar-refractivity contribution is 5.85. The maximum Gasteiger partial charge on any atom is 0.307 e. The Morgan fingerprint density at radius 3 is 2.24 bits per heavy atom. The molecule has 5 heteroatoms. The Bertz CT molecular complexity index is 299. The largest absolute Gasteiger partial charge is 0.481 e. The van der Waals surface area contributed by atoms with Crippen molar-refractivity contribution in [2.45, 2.75) is 25.7 Å². The molecule has 1 N–H and O–H groups in total. The van der Waals surface area contributed by atoms with Gasteiger partial charge in [-0.3, -0.25) is 9.59 Å². The summed E-state index contributed by atoms with van der Waals surface area (Å²) in [5.74, 6) is -1.62. The van der Waals surface area contributed by atoms with Crippen molar-refractivity contribution in [1.82, 2.24) is 4.90 Å². The number of rotatable bonds is 2. The van der Waals surface area contributed by atoms with E-state index in [4.69, 9.17) is 9.84 Å². The summed E-state index contributed by atoms with van der Waals surface area (Å²) in [6.07, 6.45) is 3.23. The number of amides is 1. The molecule has 5 nitrogen and oxygen atoms in total. The van der Waals surface area contributed by atoms with Crippen molar-refractivity contribution in [3.05, 3.63) is 0 Å². The van der Waals surface area contributed by atoms with Gasteiger partial charge in [-0.25, -0.2) is 0 Å². The van der Waals surface area contributed by atoms with E-state index in [1.165, 1.54) is 0 Å². The number of hydrogen-bond acceptors (Lipinski definition) is 3. The highest BCUT2D eigenvalue weighted by atomic mass is 16.5. The lowest BCUT2D eigenvalue weighted by Gasteiger charge is -2.34. The number of hydrogen-bond donors (Lipinski definition) is 1.